The van der Waals surface area contributed by atoms with Gasteiger partial charge in [-0.1, -0.05) is 43.3 Å². The van der Waals surface area contributed by atoms with E-state index in [0.29, 0.717) is 5.69 Å². The van der Waals surface area contributed by atoms with Crippen molar-refractivity contribution in [2.24, 2.45) is 0 Å². The molecule has 1 amide bonds. The zero-order valence-electron chi connectivity index (χ0n) is 14.4. The van der Waals surface area contributed by atoms with Gasteiger partial charge in [0.1, 0.15) is 12.3 Å². The lowest BCUT2D eigenvalue weighted by Gasteiger charge is -2.10. The number of nitrogens with one attached hydrogen (secondary N) is 1. The smallest absolute Gasteiger partial charge is 0.355 e. The molecule has 0 atom stereocenters. The third-order valence-electron chi connectivity index (χ3n) is 3.60. The number of hydrogen-bond donors (Lipinski definition) is 2. The van der Waals surface area contributed by atoms with Crippen molar-refractivity contribution in [2.45, 2.75) is 26.9 Å². The second kappa shape index (κ2) is 8.68. The van der Waals surface area contributed by atoms with Crippen molar-refractivity contribution in [1.82, 2.24) is 5.32 Å². The molecule has 2 aromatic rings. The maximum absolute atomic E-state index is 12.3. The summed E-state index contributed by atoms with van der Waals surface area (Å²) in [5, 5.41) is 2.53. The summed E-state index contributed by atoms with van der Waals surface area (Å²) in [4.78, 5) is 23.8. The normalized spacial score (nSPS) is 11.0. The van der Waals surface area contributed by atoms with Gasteiger partial charge in [-0.2, -0.15) is 0 Å². The number of rotatable bonds is 6. The molecule has 0 spiro atoms. The molecule has 0 fully saturated rings. The number of aryl methyl sites for hydroxylation is 1. The van der Waals surface area contributed by atoms with Gasteiger partial charge >= 0.3 is 5.97 Å². The number of carbonyl (C=O) groups excluding carboxylic acids is 2. The number of nitrogens with two attached hydrogens (primary N) is 1. The molecular weight excluding hydrogens is 316 g/mol. The topological polar surface area (TPSA) is 81.4 Å². The number of ether oxygens (including phenoxy) is 1. The molecule has 0 saturated heterocycles. The number of nitrogen functional groups attached to an aromatic ring is 1. The fourth-order valence-electron chi connectivity index (χ4n) is 2.32. The van der Waals surface area contributed by atoms with E-state index < -0.39 is 5.97 Å². The molecule has 25 heavy (non-hydrogen) atoms. The summed E-state index contributed by atoms with van der Waals surface area (Å²) >= 11 is 0. The summed E-state index contributed by atoms with van der Waals surface area (Å²) in [6.45, 7) is 3.49. The van der Waals surface area contributed by atoms with E-state index in [1.807, 2.05) is 43.3 Å². The fraction of sp³-hybridized carbons (Fsp3) is 0.200. The van der Waals surface area contributed by atoms with Crippen LogP contribution in [0.3, 0.4) is 0 Å². The van der Waals surface area contributed by atoms with Gasteiger partial charge in [-0.15, -0.1) is 0 Å². The Morgan fingerprint density at radius 1 is 1.16 bits per heavy atom. The highest BCUT2D eigenvalue weighted by atomic mass is 16.5. The Bertz CT molecular complexity index is 783. The van der Waals surface area contributed by atoms with E-state index in [4.69, 9.17) is 10.5 Å². The minimum atomic E-state index is -0.589. The Hall–Kier alpha value is -3.08. The van der Waals surface area contributed by atoms with Crippen LogP contribution in [0, 0.1) is 0 Å². The summed E-state index contributed by atoms with van der Waals surface area (Å²) in [7, 11) is 0. The van der Waals surface area contributed by atoms with Crippen molar-refractivity contribution in [3.05, 3.63) is 70.9 Å². The minimum absolute atomic E-state index is 0.0928. The lowest BCUT2D eigenvalue weighted by Crippen LogP contribution is -2.26. The number of esters is 1. The van der Waals surface area contributed by atoms with Crippen molar-refractivity contribution in [1.29, 1.82) is 0 Å². The maximum Gasteiger partial charge on any atom is 0.355 e. The predicted molar refractivity (Wildman–Crippen MR) is 98.3 cm³/mol. The van der Waals surface area contributed by atoms with Gasteiger partial charge in [0.25, 0.3) is 0 Å². The summed E-state index contributed by atoms with van der Waals surface area (Å²) < 4.78 is 5.30. The molecule has 2 rings (SSSR count). The Kier molecular flexibility index (Phi) is 6.34. The van der Waals surface area contributed by atoms with Gasteiger partial charge in [-0.3, -0.25) is 4.79 Å². The van der Waals surface area contributed by atoms with E-state index in [1.165, 1.54) is 6.92 Å². The molecule has 0 aromatic heterocycles. The van der Waals surface area contributed by atoms with Crippen LogP contribution in [0.2, 0.25) is 0 Å². The first-order valence-corrected chi connectivity index (χ1v) is 8.08. The lowest BCUT2D eigenvalue weighted by molar-refractivity contribution is -0.141. The molecule has 0 aliphatic carbocycles. The van der Waals surface area contributed by atoms with Gasteiger partial charge < -0.3 is 15.8 Å². The van der Waals surface area contributed by atoms with Crippen LogP contribution in [-0.2, 0) is 27.4 Å². The van der Waals surface area contributed by atoms with E-state index in [9.17, 15) is 9.59 Å². The minimum Gasteiger partial charge on any atom is -0.456 e. The van der Waals surface area contributed by atoms with Gasteiger partial charge in [0.05, 0.1) is 0 Å². The molecule has 0 aliphatic heterocycles. The third-order valence-corrected chi connectivity index (χ3v) is 3.60. The number of benzene rings is 2. The maximum atomic E-state index is 12.3. The van der Waals surface area contributed by atoms with Crippen LogP contribution in [-0.4, -0.2) is 11.9 Å². The highest BCUT2D eigenvalue weighted by Crippen LogP contribution is 2.17. The van der Waals surface area contributed by atoms with Gasteiger partial charge in [-0.25, -0.2) is 4.79 Å². The van der Waals surface area contributed by atoms with E-state index in [0.717, 1.165) is 23.1 Å². The number of anilines is 1. The lowest BCUT2D eigenvalue weighted by atomic mass is 10.1. The molecule has 0 aliphatic rings. The summed E-state index contributed by atoms with van der Waals surface area (Å²) in [6.07, 6.45) is 2.37. The third kappa shape index (κ3) is 5.49. The SMILES string of the molecule is CCc1cc(/C=C(/NC(C)=O)C(=O)OCc2ccccc2)ccc1N. The van der Waals surface area contributed by atoms with E-state index in [-0.39, 0.29) is 18.2 Å². The molecule has 5 nitrogen and oxygen atoms in total. The largest absolute Gasteiger partial charge is 0.456 e. The molecule has 2 aromatic carbocycles. The zero-order valence-corrected chi connectivity index (χ0v) is 14.4. The molecule has 0 heterocycles. The van der Waals surface area contributed by atoms with Crippen LogP contribution in [0.5, 0.6) is 0 Å². The first kappa shape index (κ1) is 18.3. The van der Waals surface area contributed by atoms with Crippen molar-refractivity contribution >= 4 is 23.6 Å². The van der Waals surface area contributed by atoms with Gasteiger partial charge in [0.15, 0.2) is 0 Å². The van der Waals surface area contributed by atoms with Crippen LogP contribution in [0.15, 0.2) is 54.2 Å². The van der Waals surface area contributed by atoms with Crippen LogP contribution >= 0.6 is 0 Å². The van der Waals surface area contributed by atoms with E-state index in [2.05, 4.69) is 5.32 Å². The number of carbonyl (C=O) groups is 2. The van der Waals surface area contributed by atoms with Crippen LogP contribution in [0.1, 0.15) is 30.5 Å². The molecule has 0 unspecified atom stereocenters. The van der Waals surface area contributed by atoms with Crippen molar-refractivity contribution < 1.29 is 14.3 Å². The second-order valence-electron chi connectivity index (χ2n) is 5.61. The Morgan fingerprint density at radius 2 is 1.88 bits per heavy atom. The first-order chi connectivity index (χ1) is 12.0. The average molecular weight is 338 g/mol. The average Bonchev–Trinajstić information content (AvgIpc) is 2.61. The van der Waals surface area contributed by atoms with Crippen molar-refractivity contribution in [3.8, 4) is 0 Å². The number of amides is 1. The summed E-state index contributed by atoms with van der Waals surface area (Å²) in [6, 6.07) is 14.8. The van der Waals surface area contributed by atoms with Crippen LogP contribution in [0.25, 0.3) is 6.08 Å². The molecular formula is C20H22N2O3. The summed E-state index contributed by atoms with van der Waals surface area (Å²) in [5.41, 5.74) is 9.32. The quantitative estimate of drug-likeness (QED) is 0.482. The highest BCUT2D eigenvalue weighted by Gasteiger charge is 2.13. The molecule has 130 valence electrons. The molecule has 0 radical (unpaired) electrons. The monoisotopic (exact) mass is 338 g/mol. The van der Waals surface area contributed by atoms with Gasteiger partial charge in [0.2, 0.25) is 5.91 Å². The zero-order chi connectivity index (χ0) is 18.2. The Labute approximate surface area is 147 Å². The second-order valence-corrected chi connectivity index (χ2v) is 5.61. The number of hydrogen-bond acceptors (Lipinski definition) is 4. The van der Waals surface area contributed by atoms with Crippen LogP contribution < -0.4 is 11.1 Å². The highest BCUT2D eigenvalue weighted by molar-refractivity contribution is 5.97. The standard InChI is InChI=1S/C20H22N2O3/c1-3-17-11-16(9-10-18(17)21)12-19(22-14(2)23)20(24)25-13-15-7-5-4-6-8-15/h4-12H,3,13,21H2,1-2H3,(H,22,23)/b19-12+. The molecule has 5 heteroatoms. The van der Waals surface area contributed by atoms with E-state index in [1.54, 1.807) is 18.2 Å². The Balaban J connectivity index is 2.19. The Morgan fingerprint density at radius 3 is 2.52 bits per heavy atom. The van der Waals surface area contributed by atoms with Crippen LogP contribution in [0.4, 0.5) is 5.69 Å². The van der Waals surface area contributed by atoms with Gasteiger partial charge in [-0.05, 0) is 41.3 Å². The van der Waals surface area contributed by atoms with Crippen molar-refractivity contribution in [3.63, 3.8) is 0 Å². The fourth-order valence-corrected chi connectivity index (χ4v) is 2.32. The molecule has 0 saturated carbocycles. The predicted octanol–water partition coefficient (Wildman–Crippen LogP) is 3.05. The molecule has 3 N–H and O–H groups in total. The van der Waals surface area contributed by atoms with Gasteiger partial charge in [0, 0.05) is 12.6 Å². The summed E-state index contributed by atoms with van der Waals surface area (Å²) in [5.74, 6) is -0.928. The first-order valence-electron chi connectivity index (χ1n) is 8.08. The molecule has 0 bridgehead atoms. The van der Waals surface area contributed by atoms with Crippen molar-refractivity contribution in [2.75, 3.05) is 5.73 Å². The van der Waals surface area contributed by atoms with E-state index >= 15 is 0 Å².